The highest BCUT2D eigenvalue weighted by atomic mass is 16.5. The number of imidazole rings is 1. The van der Waals surface area contributed by atoms with Gasteiger partial charge in [-0.05, 0) is 12.0 Å². The summed E-state index contributed by atoms with van der Waals surface area (Å²) in [6, 6.07) is 10.1. The first-order valence-electron chi connectivity index (χ1n) is 6.91. The van der Waals surface area contributed by atoms with Gasteiger partial charge in [-0.15, -0.1) is 0 Å². The van der Waals surface area contributed by atoms with Gasteiger partial charge in [-0.2, -0.15) is 0 Å². The van der Waals surface area contributed by atoms with Crippen molar-refractivity contribution in [3.63, 3.8) is 0 Å². The molecular weight excluding hydrogens is 252 g/mol. The molecule has 1 unspecified atom stereocenters. The molecule has 2 aromatic rings. The molecule has 0 aliphatic heterocycles. The lowest BCUT2D eigenvalue weighted by Gasteiger charge is -2.11. The maximum absolute atomic E-state index is 11.7. The van der Waals surface area contributed by atoms with Crippen molar-refractivity contribution < 1.29 is 9.53 Å². The molecule has 0 aliphatic carbocycles. The Balaban J connectivity index is 1.97. The SMILES string of the molecule is CCC(C)C(=O)OCc1nccn1Cc1ccccc1. The number of esters is 1. The summed E-state index contributed by atoms with van der Waals surface area (Å²) in [5, 5.41) is 0. The zero-order valence-corrected chi connectivity index (χ0v) is 12.0. The fourth-order valence-corrected chi connectivity index (χ4v) is 1.85. The molecule has 0 N–H and O–H groups in total. The molecule has 0 spiro atoms. The molecule has 1 atom stereocenters. The van der Waals surface area contributed by atoms with Crippen LogP contribution < -0.4 is 0 Å². The van der Waals surface area contributed by atoms with E-state index < -0.39 is 0 Å². The Hall–Kier alpha value is -2.10. The quantitative estimate of drug-likeness (QED) is 0.759. The zero-order chi connectivity index (χ0) is 14.4. The zero-order valence-electron chi connectivity index (χ0n) is 12.0. The van der Waals surface area contributed by atoms with Crippen LogP contribution in [0.1, 0.15) is 31.7 Å². The minimum absolute atomic E-state index is 0.0625. The molecule has 0 saturated heterocycles. The standard InChI is InChI=1S/C16H20N2O2/c1-3-13(2)16(19)20-12-15-17-9-10-18(15)11-14-7-5-4-6-8-14/h4-10,13H,3,11-12H2,1-2H3. The maximum atomic E-state index is 11.7. The summed E-state index contributed by atoms with van der Waals surface area (Å²) in [4.78, 5) is 15.9. The van der Waals surface area contributed by atoms with Gasteiger partial charge in [0.2, 0.25) is 0 Å². The van der Waals surface area contributed by atoms with Crippen LogP contribution in [0.4, 0.5) is 0 Å². The van der Waals surface area contributed by atoms with E-state index in [1.807, 2.05) is 42.8 Å². The molecule has 0 bridgehead atoms. The lowest BCUT2D eigenvalue weighted by molar-refractivity contribution is -0.149. The van der Waals surface area contributed by atoms with E-state index in [4.69, 9.17) is 4.74 Å². The van der Waals surface area contributed by atoms with E-state index in [2.05, 4.69) is 17.1 Å². The van der Waals surface area contributed by atoms with Crippen LogP contribution in [0.5, 0.6) is 0 Å². The Kier molecular flexibility index (Phi) is 4.93. The van der Waals surface area contributed by atoms with Crippen molar-refractivity contribution in [2.75, 3.05) is 0 Å². The lowest BCUT2D eigenvalue weighted by atomic mass is 10.1. The number of hydrogen-bond acceptors (Lipinski definition) is 3. The molecule has 4 heteroatoms. The monoisotopic (exact) mass is 272 g/mol. The van der Waals surface area contributed by atoms with Gasteiger partial charge >= 0.3 is 5.97 Å². The minimum atomic E-state index is -0.165. The van der Waals surface area contributed by atoms with Crippen molar-refractivity contribution >= 4 is 5.97 Å². The van der Waals surface area contributed by atoms with Gasteiger partial charge in [-0.3, -0.25) is 4.79 Å². The minimum Gasteiger partial charge on any atom is -0.457 e. The topological polar surface area (TPSA) is 44.1 Å². The van der Waals surface area contributed by atoms with Crippen LogP contribution in [0.3, 0.4) is 0 Å². The number of carbonyl (C=O) groups is 1. The van der Waals surface area contributed by atoms with Gasteiger partial charge in [-0.25, -0.2) is 4.98 Å². The molecule has 106 valence electrons. The molecule has 0 fully saturated rings. The normalized spacial score (nSPS) is 12.1. The lowest BCUT2D eigenvalue weighted by Crippen LogP contribution is -2.15. The summed E-state index contributed by atoms with van der Waals surface area (Å²) in [5.74, 6) is 0.541. The highest BCUT2D eigenvalue weighted by Crippen LogP contribution is 2.09. The van der Waals surface area contributed by atoms with Crippen molar-refractivity contribution in [1.82, 2.24) is 9.55 Å². The summed E-state index contributed by atoms with van der Waals surface area (Å²) in [5.41, 5.74) is 1.19. The number of hydrogen-bond donors (Lipinski definition) is 0. The first-order valence-corrected chi connectivity index (χ1v) is 6.91. The second-order valence-electron chi connectivity index (χ2n) is 4.87. The Morgan fingerprint density at radius 3 is 2.80 bits per heavy atom. The largest absolute Gasteiger partial charge is 0.457 e. The van der Waals surface area contributed by atoms with Crippen LogP contribution in [-0.4, -0.2) is 15.5 Å². The van der Waals surface area contributed by atoms with Crippen molar-refractivity contribution in [3.8, 4) is 0 Å². The van der Waals surface area contributed by atoms with Crippen LogP contribution in [0.2, 0.25) is 0 Å². The predicted octanol–water partition coefficient (Wildman–Crippen LogP) is 3.02. The van der Waals surface area contributed by atoms with Crippen molar-refractivity contribution in [1.29, 1.82) is 0 Å². The van der Waals surface area contributed by atoms with Crippen LogP contribution in [0.15, 0.2) is 42.7 Å². The van der Waals surface area contributed by atoms with Gasteiger partial charge in [0, 0.05) is 18.9 Å². The maximum Gasteiger partial charge on any atom is 0.309 e. The average Bonchev–Trinajstić information content (AvgIpc) is 2.92. The average molecular weight is 272 g/mol. The fourth-order valence-electron chi connectivity index (χ4n) is 1.85. The summed E-state index contributed by atoms with van der Waals surface area (Å²) in [6.45, 7) is 4.81. The number of ether oxygens (including phenoxy) is 1. The third-order valence-electron chi connectivity index (χ3n) is 3.36. The molecule has 1 heterocycles. The predicted molar refractivity (Wildman–Crippen MR) is 77.0 cm³/mol. The second-order valence-corrected chi connectivity index (χ2v) is 4.87. The van der Waals surface area contributed by atoms with E-state index in [1.165, 1.54) is 5.56 Å². The van der Waals surface area contributed by atoms with Crippen molar-refractivity contribution in [3.05, 3.63) is 54.1 Å². The Morgan fingerprint density at radius 2 is 2.10 bits per heavy atom. The Morgan fingerprint density at radius 1 is 1.35 bits per heavy atom. The number of benzene rings is 1. The van der Waals surface area contributed by atoms with Gasteiger partial charge in [0.1, 0.15) is 12.4 Å². The Bertz CT molecular complexity index is 549. The van der Waals surface area contributed by atoms with Crippen molar-refractivity contribution in [2.24, 2.45) is 5.92 Å². The van der Waals surface area contributed by atoms with E-state index in [9.17, 15) is 4.79 Å². The van der Waals surface area contributed by atoms with E-state index in [-0.39, 0.29) is 18.5 Å². The molecule has 2 rings (SSSR count). The van der Waals surface area contributed by atoms with E-state index in [0.717, 1.165) is 18.8 Å². The first-order chi connectivity index (χ1) is 9.70. The van der Waals surface area contributed by atoms with Gasteiger partial charge in [0.25, 0.3) is 0 Å². The summed E-state index contributed by atoms with van der Waals surface area (Å²) >= 11 is 0. The molecule has 20 heavy (non-hydrogen) atoms. The van der Waals surface area contributed by atoms with Gasteiger partial charge in [0.05, 0.1) is 5.92 Å². The van der Waals surface area contributed by atoms with Crippen LogP contribution in [0, 0.1) is 5.92 Å². The van der Waals surface area contributed by atoms with Gasteiger partial charge < -0.3 is 9.30 Å². The highest BCUT2D eigenvalue weighted by molar-refractivity contribution is 5.71. The Labute approximate surface area is 119 Å². The molecule has 4 nitrogen and oxygen atoms in total. The second kappa shape index (κ2) is 6.89. The van der Waals surface area contributed by atoms with Crippen LogP contribution >= 0.6 is 0 Å². The third-order valence-corrected chi connectivity index (χ3v) is 3.36. The number of rotatable bonds is 6. The first kappa shape index (κ1) is 14.3. The van der Waals surface area contributed by atoms with E-state index in [1.54, 1.807) is 6.20 Å². The number of nitrogens with zero attached hydrogens (tertiary/aromatic N) is 2. The third kappa shape index (κ3) is 3.70. The van der Waals surface area contributed by atoms with Crippen LogP contribution in [-0.2, 0) is 22.7 Å². The summed E-state index contributed by atoms with van der Waals surface area (Å²) in [6.07, 6.45) is 4.42. The van der Waals surface area contributed by atoms with Crippen molar-refractivity contribution in [2.45, 2.75) is 33.4 Å². The number of aromatic nitrogens is 2. The smallest absolute Gasteiger partial charge is 0.309 e. The van der Waals surface area contributed by atoms with Gasteiger partial charge in [-0.1, -0.05) is 44.2 Å². The molecule has 0 aliphatic rings. The summed E-state index contributed by atoms with van der Waals surface area (Å²) in [7, 11) is 0. The molecular formula is C16H20N2O2. The van der Waals surface area contributed by atoms with Gasteiger partial charge in [0.15, 0.2) is 0 Å². The fraction of sp³-hybridized carbons (Fsp3) is 0.375. The number of carbonyl (C=O) groups excluding carboxylic acids is 1. The van der Waals surface area contributed by atoms with E-state index >= 15 is 0 Å². The molecule has 0 saturated carbocycles. The molecule has 1 aromatic carbocycles. The molecule has 0 amide bonds. The highest BCUT2D eigenvalue weighted by Gasteiger charge is 2.13. The summed E-state index contributed by atoms with van der Waals surface area (Å²) < 4.78 is 7.29. The van der Waals surface area contributed by atoms with E-state index in [0.29, 0.717) is 0 Å². The van der Waals surface area contributed by atoms with Crippen LogP contribution in [0.25, 0.3) is 0 Å². The molecule has 1 aromatic heterocycles. The molecule has 0 radical (unpaired) electrons.